The molecule has 112 valence electrons. The number of aromatic carboxylic acids is 1. The Kier molecular flexibility index (Phi) is 5.28. The average molecular weight is 304 g/mol. The lowest BCUT2D eigenvalue weighted by molar-refractivity contribution is -0.118. The van der Waals surface area contributed by atoms with Gasteiger partial charge in [0, 0.05) is 6.54 Å². The van der Waals surface area contributed by atoms with Crippen molar-refractivity contribution in [2.24, 2.45) is 5.73 Å². The molecule has 0 radical (unpaired) electrons. The summed E-state index contributed by atoms with van der Waals surface area (Å²) in [5, 5.41) is 8.19. The summed E-state index contributed by atoms with van der Waals surface area (Å²) in [6, 6.07) is 2.08. The maximum absolute atomic E-state index is 12.2. The zero-order chi connectivity index (χ0) is 15.3. The standard InChI is InChI=1S/C11H16N2O6S/c1-2-3-6-13(7-9(12)14)20(17,18)10-5-4-8(19-10)11(15)16/h4-5H,2-3,6-7H2,1H3,(H2,12,14)(H,15,16). The van der Waals surface area contributed by atoms with Crippen LogP contribution in [0.5, 0.6) is 0 Å². The van der Waals surface area contributed by atoms with Crippen LogP contribution in [0.4, 0.5) is 0 Å². The smallest absolute Gasteiger partial charge is 0.371 e. The first-order chi connectivity index (χ1) is 9.28. The zero-order valence-electron chi connectivity index (χ0n) is 10.9. The van der Waals surface area contributed by atoms with Crippen molar-refractivity contribution < 1.29 is 27.5 Å². The second kappa shape index (κ2) is 6.53. The van der Waals surface area contributed by atoms with Crippen molar-refractivity contribution in [3.05, 3.63) is 17.9 Å². The molecule has 0 aromatic carbocycles. The second-order valence-corrected chi connectivity index (χ2v) is 5.95. The predicted molar refractivity (Wildman–Crippen MR) is 68.5 cm³/mol. The van der Waals surface area contributed by atoms with Gasteiger partial charge in [-0.15, -0.1) is 0 Å². The van der Waals surface area contributed by atoms with E-state index < -0.39 is 39.3 Å². The Morgan fingerprint density at radius 3 is 2.50 bits per heavy atom. The number of amides is 1. The highest BCUT2D eigenvalue weighted by Gasteiger charge is 2.29. The van der Waals surface area contributed by atoms with E-state index in [0.29, 0.717) is 6.42 Å². The van der Waals surface area contributed by atoms with Crippen molar-refractivity contribution in [1.82, 2.24) is 4.31 Å². The van der Waals surface area contributed by atoms with Crippen molar-refractivity contribution in [2.45, 2.75) is 24.9 Å². The zero-order valence-corrected chi connectivity index (χ0v) is 11.7. The molecule has 0 saturated heterocycles. The maximum atomic E-state index is 12.2. The number of rotatable bonds is 8. The maximum Gasteiger partial charge on any atom is 0.371 e. The number of primary amides is 1. The minimum Gasteiger partial charge on any atom is -0.475 e. The summed E-state index contributed by atoms with van der Waals surface area (Å²) in [5.41, 5.74) is 5.02. The molecule has 0 aliphatic heterocycles. The highest BCUT2D eigenvalue weighted by atomic mass is 32.2. The minimum atomic E-state index is -4.08. The number of unbranched alkanes of at least 4 members (excludes halogenated alkanes) is 1. The van der Waals surface area contributed by atoms with Crippen LogP contribution in [-0.2, 0) is 14.8 Å². The van der Waals surface area contributed by atoms with E-state index in [1.807, 2.05) is 6.92 Å². The Hall–Kier alpha value is -1.87. The summed E-state index contributed by atoms with van der Waals surface area (Å²) < 4.78 is 30.1. The van der Waals surface area contributed by atoms with Crippen LogP contribution < -0.4 is 5.73 Å². The molecule has 0 saturated carbocycles. The number of nitrogens with two attached hydrogens (primary N) is 1. The third-order valence-corrected chi connectivity index (χ3v) is 4.20. The van der Waals surface area contributed by atoms with Gasteiger partial charge in [-0.2, -0.15) is 4.31 Å². The monoisotopic (exact) mass is 304 g/mol. The Balaban J connectivity index is 3.07. The molecule has 0 fully saturated rings. The number of nitrogens with zero attached hydrogens (tertiary/aromatic N) is 1. The summed E-state index contributed by atoms with van der Waals surface area (Å²) in [4.78, 5) is 21.6. The Labute approximate surface area is 116 Å². The van der Waals surface area contributed by atoms with E-state index in [2.05, 4.69) is 0 Å². The van der Waals surface area contributed by atoms with Crippen molar-refractivity contribution in [3.63, 3.8) is 0 Å². The van der Waals surface area contributed by atoms with E-state index >= 15 is 0 Å². The van der Waals surface area contributed by atoms with E-state index in [-0.39, 0.29) is 6.54 Å². The molecule has 1 aromatic rings. The number of hydrogen-bond acceptors (Lipinski definition) is 5. The lowest BCUT2D eigenvalue weighted by Crippen LogP contribution is -2.38. The van der Waals surface area contributed by atoms with Gasteiger partial charge in [0.1, 0.15) is 0 Å². The largest absolute Gasteiger partial charge is 0.475 e. The molecule has 0 atom stereocenters. The fourth-order valence-electron chi connectivity index (χ4n) is 1.49. The van der Waals surface area contributed by atoms with Gasteiger partial charge in [0.2, 0.25) is 16.8 Å². The van der Waals surface area contributed by atoms with E-state index in [4.69, 9.17) is 15.3 Å². The molecule has 20 heavy (non-hydrogen) atoms. The molecule has 0 unspecified atom stereocenters. The minimum absolute atomic E-state index is 0.102. The van der Waals surface area contributed by atoms with Crippen molar-refractivity contribution in [1.29, 1.82) is 0 Å². The summed E-state index contributed by atoms with van der Waals surface area (Å²) in [6.07, 6.45) is 1.27. The van der Waals surface area contributed by atoms with Gasteiger partial charge in [0.15, 0.2) is 0 Å². The first-order valence-corrected chi connectivity index (χ1v) is 7.34. The molecule has 0 aliphatic rings. The van der Waals surface area contributed by atoms with Gasteiger partial charge < -0.3 is 15.3 Å². The van der Waals surface area contributed by atoms with Crippen LogP contribution in [-0.4, -0.2) is 42.8 Å². The molecule has 1 rings (SSSR count). The molecule has 1 amide bonds. The van der Waals surface area contributed by atoms with E-state index in [1.165, 1.54) is 0 Å². The van der Waals surface area contributed by atoms with Crippen LogP contribution in [0.1, 0.15) is 30.3 Å². The molecular weight excluding hydrogens is 288 g/mol. The highest BCUT2D eigenvalue weighted by Crippen LogP contribution is 2.19. The fourth-order valence-corrected chi connectivity index (χ4v) is 2.85. The Morgan fingerprint density at radius 2 is 2.05 bits per heavy atom. The van der Waals surface area contributed by atoms with Gasteiger partial charge in [-0.05, 0) is 18.6 Å². The summed E-state index contributed by atoms with van der Waals surface area (Å²) in [6.45, 7) is 1.49. The normalized spacial score (nSPS) is 11.7. The first kappa shape index (κ1) is 16.2. The number of carbonyl (C=O) groups is 2. The summed E-state index contributed by atoms with van der Waals surface area (Å²) in [7, 11) is -4.08. The number of furan rings is 1. The molecule has 8 nitrogen and oxygen atoms in total. The second-order valence-electron chi connectivity index (χ2n) is 4.08. The van der Waals surface area contributed by atoms with Gasteiger partial charge in [0.25, 0.3) is 10.0 Å². The molecule has 0 aliphatic carbocycles. The molecule has 1 heterocycles. The van der Waals surface area contributed by atoms with Crippen LogP contribution in [0, 0.1) is 0 Å². The van der Waals surface area contributed by atoms with Gasteiger partial charge in [-0.25, -0.2) is 13.2 Å². The van der Waals surface area contributed by atoms with E-state index in [0.717, 1.165) is 22.9 Å². The van der Waals surface area contributed by atoms with E-state index in [9.17, 15) is 18.0 Å². The lowest BCUT2D eigenvalue weighted by Gasteiger charge is -2.18. The van der Waals surface area contributed by atoms with Crippen molar-refractivity contribution in [2.75, 3.05) is 13.1 Å². The van der Waals surface area contributed by atoms with Crippen molar-refractivity contribution >= 4 is 21.9 Å². The lowest BCUT2D eigenvalue weighted by atomic mass is 10.3. The van der Waals surface area contributed by atoms with Crippen LogP contribution in [0.2, 0.25) is 0 Å². The average Bonchev–Trinajstić information content (AvgIpc) is 2.84. The first-order valence-electron chi connectivity index (χ1n) is 5.90. The third-order valence-electron chi connectivity index (χ3n) is 2.48. The molecule has 1 aromatic heterocycles. The quantitative estimate of drug-likeness (QED) is 0.708. The number of hydrogen-bond donors (Lipinski definition) is 2. The number of sulfonamides is 1. The Bertz CT molecular complexity index is 592. The summed E-state index contributed by atoms with van der Waals surface area (Å²) >= 11 is 0. The van der Waals surface area contributed by atoms with Crippen molar-refractivity contribution in [3.8, 4) is 0 Å². The van der Waals surface area contributed by atoms with Gasteiger partial charge in [0.05, 0.1) is 6.54 Å². The van der Waals surface area contributed by atoms with Gasteiger partial charge >= 0.3 is 5.97 Å². The van der Waals surface area contributed by atoms with Crippen LogP contribution in [0.25, 0.3) is 0 Å². The van der Waals surface area contributed by atoms with Crippen LogP contribution in [0.3, 0.4) is 0 Å². The topological polar surface area (TPSA) is 131 Å². The number of carbonyl (C=O) groups excluding carboxylic acids is 1. The van der Waals surface area contributed by atoms with Crippen LogP contribution >= 0.6 is 0 Å². The molecule has 9 heteroatoms. The molecule has 3 N–H and O–H groups in total. The van der Waals surface area contributed by atoms with Gasteiger partial charge in [-0.1, -0.05) is 13.3 Å². The van der Waals surface area contributed by atoms with Gasteiger partial charge in [-0.3, -0.25) is 4.79 Å². The highest BCUT2D eigenvalue weighted by molar-refractivity contribution is 7.89. The molecule has 0 bridgehead atoms. The third kappa shape index (κ3) is 3.81. The number of carboxylic acid groups (broad SMARTS) is 1. The molecule has 0 spiro atoms. The number of carboxylic acids is 1. The fraction of sp³-hybridized carbons (Fsp3) is 0.455. The van der Waals surface area contributed by atoms with Crippen LogP contribution in [0.15, 0.2) is 21.6 Å². The Morgan fingerprint density at radius 1 is 1.40 bits per heavy atom. The predicted octanol–water partition coefficient (Wildman–Crippen LogP) is 0.254. The molecular formula is C11H16N2O6S. The summed E-state index contributed by atoms with van der Waals surface area (Å²) in [5.74, 6) is -2.66. The SMILES string of the molecule is CCCCN(CC(N)=O)S(=O)(=O)c1ccc(C(=O)O)o1. The van der Waals surface area contributed by atoms with E-state index in [1.54, 1.807) is 0 Å².